The average Bonchev–Trinajstić information content (AvgIpc) is 2.60. The number of rotatable bonds is 7. The number of hydrogen-bond acceptors (Lipinski definition) is 4. The Morgan fingerprint density at radius 3 is 2.74 bits per heavy atom. The Balaban J connectivity index is 1.67. The third-order valence-electron chi connectivity index (χ3n) is 4.63. The molecule has 0 fully saturated rings. The number of nitrogens with one attached hydrogen (secondary N) is 2. The van der Waals surface area contributed by atoms with Crippen LogP contribution in [0.2, 0.25) is 0 Å². The van der Waals surface area contributed by atoms with Gasteiger partial charge in [0.1, 0.15) is 5.60 Å². The van der Waals surface area contributed by atoms with Crippen LogP contribution >= 0.6 is 0 Å². The van der Waals surface area contributed by atoms with Crippen LogP contribution in [-0.2, 0) is 16.0 Å². The molecule has 4 N–H and O–H groups in total. The van der Waals surface area contributed by atoms with Crippen LogP contribution in [0.25, 0.3) is 0 Å². The molecule has 0 bridgehead atoms. The molecule has 0 spiro atoms. The fraction of sp³-hybridized carbons (Fsp3) is 0.619. The first-order chi connectivity index (χ1) is 12.8. The summed E-state index contributed by atoms with van der Waals surface area (Å²) in [4.78, 5) is 24.0. The Labute approximate surface area is 162 Å². The zero-order valence-electron chi connectivity index (χ0n) is 16.7. The number of carbonyl (C=O) groups is 2. The summed E-state index contributed by atoms with van der Waals surface area (Å²) in [6, 6.07) is 7.81. The zero-order valence-corrected chi connectivity index (χ0v) is 16.7. The molecule has 2 rings (SSSR count). The Hall–Kier alpha value is -2.08. The highest BCUT2D eigenvalue weighted by molar-refractivity contribution is 5.82. The third-order valence-corrected chi connectivity index (χ3v) is 4.63. The number of fused-ring (bicyclic) bond motifs is 1. The summed E-state index contributed by atoms with van der Waals surface area (Å²) in [5, 5.41) is 5.82. The summed E-state index contributed by atoms with van der Waals surface area (Å²) in [5.41, 5.74) is 8.09. The van der Waals surface area contributed by atoms with Crippen molar-refractivity contribution in [3.8, 4) is 0 Å². The molecule has 0 aliphatic heterocycles. The molecular formula is C21H33N3O3. The minimum atomic E-state index is -0.527. The molecule has 0 saturated heterocycles. The van der Waals surface area contributed by atoms with E-state index < -0.39 is 17.7 Å². The average molecular weight is 376 g/mol. The van der Waals surface area contributed by atoms with E-state index in [0.29, 0.717) is 13.0 Å². The van der Waals surface area contributed by atoms with Gasteiger partial charge >= 0.3 is 6.09 Å². The van der Waals surface area contributed by atoms with Gasteiger partial charge in [0.05, 0.1) is 12.1 Å². The molecule has 27 heavy (non-hydrogen) atoms. The van der Waals surface area contributed by atoms with E-state index in [1.807, 2.05) is 32.9 Å². The van der Waals surface area contributed by atoms with Gasteiger partial charge in [0.2, 0.25) is 5.91 Å². The lowest BCUT2D eigenvalue weighted by molar-refractivity contribution is -0.123. The van der Waals surface area contributed by atoms with Crippen molar-refractivity contribution in [2.24, 2.45) is 5.73 Å². The predicted octanol–water partition coefficient (Wildman–Crippen LogP) is 3.20. The van der Waals surface area contributed by atoms with Gasteiger partial charge < -0.3 is 21.1 Å². The van der Waals surface area contributed by atoms with Gasteiger partial charge in [-0.1, -0.05) is 24.3 Å². The van der Waals surface area contributed by atoms with Crippen molar-refractivity contribution in [3.05, 3.63) is 35.4 Å². The van der Waals surface area contributed by atoms with E-state index in [1.54, 1.807) is 0 Å². The number of hydrogen-bond donors (Lipinski definition) is 3. The van der Waals surface area contributed by atoms with Gasteiger partial charge in [0.15, 0.2) is 0 Å². The van der Waals surface area contributed by atoms with Gasteiger partial charge in [0.25, 0.3) is 0 Å². The van der Waals surface area contributed by atoms with Crippen LogP contribution in [0.5, 0.6) is 0 Å². The quantitative estimate of drug-likeness (QED) is 0.638. The van der Waals surface area contributed by atoms with Gasteiger partial charge in [-0.05, 0) is 70.4 Å². The fourth-order valence-corrected chi connectivity index (χ4v) is 3.31. The van der Waals surface area contributed by atoms with Crippen LogP contribution in [0.15, 0.2) is 24.3 Å². The monoisotopic (exact) mass is 375 g/mol. The SMILES string of the molecule is CC(C)(C)OC(=O)NCCCC[C@H](N)C(=O)N[C@@H]1CCCc2ccccc21. The van der Waals surface area contributed by atoms with E-state index in [4.69, 9.17) is 10.5 Å². The van der Waals surface area contributed by atoms with Crippen molar-refractivity contribution in [1.82, 2.24) is 10.6 Å². The van der Waals surface area contributed by atoms with Crippen LogP contribution < -0.4 is 16.4 Å². The number of nitrogens with two attached hydrogens (primary N) is 1. The lowest BCUT2D eigenvalue weighted by atomic mass is 9.87. The maximum atomic E-state index is 12.4. The number of unbranched alkanes of at least 4 members (excludes halogenated alkanes) is 1. The smallest absolute Gasteiger partial charge is 0.407 e. The molecule has 0 unspecified atom stereocenters. The number of carbonyl (C=O) groups excluding carboxylic acids is 2. The largest absolute Gasteiger partial charge is 0.444 e. The molecule has 6 nitrogen and oxygen atoms in total. The molecule has 0 aromatic heterocycles. The van der Waals surface area contributed by atoms with Crippen molar-refractivity contribution in [2.75, 3.05) is 6.54 Å². The van der Waals surface area contributed by atoms with Crippen molar-refractivity contribution in [3.63, 3.8) is 0 Å². The zero-order chi connectivity index (χ0) is 19.9. The molecule has 150 valence electrons. The first-order valence-electron chi connectivity index (χ1n) is 9.87. The molecule has 2 atom stereocenters. The Morgan fingerprint density at radius 1 is 1.26 bits per heavy atom. The second-order valence-corrected chi connectivity index (χ2v) is 8.18. The van der Waals surface area contributed by atoms with E-state index in [-0.39, 0.29) is 11.9 Å². The molecule has 0 saturated carbocycles. The highest BCUT2D eigenvalue weighted by Gasteiger charge is 2.23. The van der Waals surface area contributed by atoms with E-state index in [0.717, 1.165) is 32.1 Å². The van der Waals surface area contributed by atoms with Crippen molar-refractivity contribution in [2.45, 2.75) is 77.0 Å². The summed E-state index contributed by atoms with van der Waals surface area (Å²) < 4.78 is 5.18. The maximum Gasteiger partial charge on any atom is 0.407 e. The molecular weight excluding hydrogens is 342 g/mol. The molecule has 1 aliphatic carbocycles. The van der Waals surface area contributed by atoms with E-state index >= 15 is 0 Å². The summed E-state index contributed by atoms with van der Waals surface area (Å²) in [6.07, 6.45) is 4.80. The Kier molecular flexibility index (Phi) is 7.66. The van der Waals surface area contributed by atoms with Gasteiger partial charge in [-0.15, -0.1) is 0 Å². The van der Waals surface area contributed by atoms with Crippen molar-refractivity contribution < 1.29 is 14.3 Å². The molecule has 1 aromatic rings. The van der Waals surface area contributed by atoms with Crippen LogP contribution in [0.1, 0.15) is 70.0 Å². The number of alkyl carbamates (subject to hydrolysis) is 1. The molecule has 0 radical (unpaired) electrons. The van der Waals surface area contributed by atoms with Crippen molar-refractivity contribution in [1.29, 1.82) is 0 Å². The highest BCUT2D eigenvalue weighted by atomic mass is 16.6. The summed E-state index contributed by atoms with van der Waals surface area (Å²) in [6.45, 7) is 6.00. The van der Waals surface area contributed by atoms with Gasteiger partial charge in [0, 0.05) is 6.54 Å². The Bertz CT molecular complexity index is 640. The lowest BCUT2D eigenvalue weighted by Gasteiger charge is -2.27. The molecule has 1 aliphatic rings. The normalized spacial score (nSPS) is 17.6. The van der Waals surface area contributed by atoms with Gasteiger partial charge in [-0.3, -0.25) is 4.79 Å². The second kappa shape index (κ2) is 9.74. The molecule has 2 amide bonds. The number of aryl methyl sites for hydroxylation is 1. The summed E-state index contributed by atoms with van der Waals surface area (Å²) >= 11 is 0. The number of amides is 2. The summed E-state index contributed by atoms with van der Waals surface area (Å²) in [7, 11) is 0. The van der Waals surface area contributed by atoms with E-state index in [9.17, 15) is 9.59 Å². The Morgan fingerprint density at radius 2 is 2.00 bits per heavy atom. The number of benzene rings is 1. The first kappa shape index (κ1) is 21.2. The van der Waals surface area contributed by atoms with Gasteiger partial charge in [-0.25, -0.2) is 4.79 Å². The maximum absolute atomic E-state index is 12.4. The number of ether oxygens (including phenoxy) is 1. The minimum absolute atomic E-state index is 0.0577. The highest BCUT2D eigenvalue weighted by Crippen LogP contribution is 2.29. The van der Waals surface area contributed by atoms with Crippen LogP contribution in [0, 0.1) is 0 Å². The molecule has 0 heterocycles. The minimum Gasteiger partial charge on any atom is -0.444 e. The van der Waals surface area contributed by atoms with Gasteiger partial charge in [-0.2, -0.15) is 0 Å². The van der Waals surface area contributed by atoms with Crippen LogP contribution in [0.3, 0.4) is 0 Å². The molecule has 6 heteroatoms. The van der Waals surface area contributed by atoms with E-state index in [2.05, 4.69) is 22.8 Å². The third kappa shape index (κ3) is 7.21. The van der Waals surface area contributed by atoms with E-state index in [1.165, 1.54) is 11.1 Å². The lowest BCUT2D eigenvalue weighted by Crippen LogP contribution is -2.43. The second-order valence-electron chi connectivity index (χ2n) is 8.18. The predicted molar refractivity (Wildman–Crippen MR) is 106 cm³/mol. The van der Waals surface area contributed by atoms with Crippen LogP contribution in [-0.4, -0.2) is 30.2 Å². The standard InChI is InChI=1S/C21H33N3O3/c1-21(2,3)27-20(26)23-14-7-6-12-17(22)19(25)24-18-13-8-10-15-9-4-5-11-16(15)18/h4-5,9,11,17-18H,6-8,10,12-14,22H2,1-3H3,(H,23,26)(H,24,25)/t17-,18+/m0/s1. The molecule has 1 aromatic carbocycles. The summed E-state index contributed by atoms with van der Waals surface area (Å²) in [5.74, 6) is -0.100. The first-order valence-corrected chi connectivity index (χ1v) is 9.87. The van der Waals surface area contributed by atoms with Crippen molar-refractivity contribution >= 4 is 12.0 Å². The fourth-order valence-electron chi connectivity index (χ4n) is 3.31. The van der Waals surface area contributed by atoms with Crippen LogP contribution in [0.4, 0.5) is 4.79 Å². The topological polar surface area (TPSA) is 93.4 Å².